The topological polar surface area (TPSA) is 95.6 Å². The molecule has 0 heterocycles. The molecule has 2 amide bonds. The number of carbonyl (C=O) groups is 2. The summed E-state index contributed by atoms with van der Waals surface area (Å²) in [6, 6.07) is 12.3. The Hall–Kier alpha value is -2.87. The number of nitrogens with zero attached hydrogens (tertiary/aromatic N) is 1. The van der Waals surface area contributed by atoms with Crippen LogP contribution in [0.3, 0.4) is 0 Å². The lowest BCUT2D eigenvalue weighted by molar-refractivity contribution is -0.114. The summed E-state index contributed by atoms with van der Waals surface area (Å²) in [7, 11) is -3.70. The third-order valence-corrected chi connectivity index (χ3v) is 7.04. The Balaban J connectivity index is 1.77. The number of carbonyl (C=O) groups excluding carboxylic acids is 2. The molecule has 1 saturated carbocycles. The second-order valence-corrected chi connectivity index (χ2v) is 10.3. The Morgan fingerprint density at radius 2 is 1.69 bits per heavy atom. The van der Waals surface area contributed by atoms with Gasteiger partial charge in [0.15, 0.2) is 0 Å². The highest BCUT2D eigenvalue weighted by Crippen LogP contribution is 2.25. The highest BCUT2D eigenvalue weighted by molar-refractivity contribution is 7.92. The summed E-state index contributed by atoms with van der Waals surface area (Å²) in [4.78, 5) is 25.7. The third-order valence-electron chi connectivity index (χ3n) is 5.92. The van der Waals surface area contributed by atoms with E-state index in [0.29, 0.717) is 16.9 Å². The van der Waals surface area contributed by atoms with E-state index in [2.05, 4.69) is 10.6 Å². The summed E-state index contributed by atoms with van der Waals surface area (Å²) in [5.41, 5.74) is 2.91. The third kappa shape index (κ3) is 5.88. The molecule has 0 bridgehead atoms. The number of sulfonamides is 1. The van der Waals surface area contributed by atoms with Crippen LogP contribution in [0.15, 0.2) is 42.5 Å². The maximum absolute atomic E-state index is 12.9. The summed E-state index contributed by atoms with van der Waals surface area (Å²) < 4.78 is 26.0. The number of anilines is 2. The minimum absolute atomic E-state index is 0.144. The predicted octanol–water partition coefficient (Wildman–Crippen LogP) is 3.77. The molecule has 0 saturated heterocycles. The van der Waals surface area contributed by atoms with Gasteiger partial charge >= 0.3 is 0 Å². The Morgan fingerprint density at radius 1 is 1.00 bits per heavy atom. The molecule has 1 aliphatic carbocycles. The minimum Gasteiger partial charge on any atom is -0.349 e. The van der Waals surface area contributed by atoms with Crippen LogP contribution in [0.25, 0.3) is 0 Å². The first-order valence-corrected chi connectivity index (χ1v) is 12.8. The van der Waals surface area contributed by atoms with Gasteiger partial charge in [-0.1, -0.05) is 43.5 Å². The predicted molar refractivity (Wildman–Crippen MR) is 128 cm³/mol. The van der Waals surface area contributed by atoms with Crippen LogP contribution in [0.5, 0.6) is 0 Å². The van der Waals surface area contributed by atoms with Crippen molar-refractivity contribution in [1.82, 2.24) is 5.32 Å². The number of nitrogens with one attached hydrogen (secondary N) is 2. The van der Waals surface area contributed by atoms with Crippen LogP contribution in [0, 0.1) is 13.8 Å². The zero-order chi connectivity index (χ0) is 23.3. The Labute approximate surface area is 190 Å². The summed E-state index contributed by atoms with van der Waals surface area (Å²) >= 11 is 0. The normalized spacial score (nSPS) is 14.6. The lowest BCUT2D eigenvalue weighted by atomic mass is 9.95. The molecule has 2 N–H and O–H groups in total. The van der Waals surface area contributed by atoms with Gasteiger partial charge in [0, 0.05) is 6.04 Å². The van der Waals surface area contributed by atoms with Crippen molar-refractivity contribution in [2.24, 2.45) is 0 Å². The van der Waals surface area contributed by atoms with Crippen molar-refractivity contribution in [3.63, 3.8) is 0 Å². The zero-order valence-electron chi connectivity index (χ0n) is 18.8. The summed E-state index contributed by atoms with van der Waals surface area (Å²) in [6.45, 7) is 3.33. The molecular formula is C24H31N3O4S. The monoisotopic (exact) mass is 457 g/mol. The molecular weight excluding hydrogens is 426 g/mol. The lowest BCUT2D eigenvalue weighted by Crippen LogP contribution is -2.39. The number of hydrogen-bond acceptors (Lipinski definition) is 4. The molecule has 0 spiro atoms. The molecule has 2 aromatic carbocycles. The average Bonchev–Trinajstić information content (AvgIpc) is 2.74. The largest absolute Gasteiger partial charge is 0.349 e. The summed E-state index contributed by atoms with van der Waals surface area (Å²) in [5, 5.41) is 5.79. The molecule has 172 valence electrons. The van der Waals surface area contributed by atoms with Gasteiger partial charge in [-0.3, -0.25) is 13.9 Å². The summed E-state index contributed by atoms with van der Waals surface area (Å²) in [6.07, 6.45) is 6.38. The van der Waals surface area contributed by atoms with Crippen LogP contribution in [0.1, 0.15) is 53.6 Å². The molecule has 0 atom stereocenters. The van der Waals surface area contributed by atoms with Crippen molar-refractivity contribution >= 4 is 33.2 Å². The zero-order valence-corrected chi connectivity index (χ0v) is 19.7. The average molecular weight is 458 g/mol. The van der Waals surface area contributed by atoms with Crippen LogP contribution in [-0.2, 0) is 14.8 Å². The highest BCUT2D eigenvalue weighted by Gasteiger charge is 2.24. The number of aryl methyl sites for hydroxylation is 1. The lowest BCUT2D eigenvalue weighted by Gasteiger charge is -2.25. The Bertz CT molecular complexity index is 1090. The fraction of sp³-hybridized carbons (Fsp3) is 0.417. The standard InChI is InChI=1S/C24H31N3O4S/c1-17-10-9-15-22(18(17)2)27(32(3,30)31)16-23(28)26-21-14-8-7-13-20(21)24(29)25-19-11-5-4-6-12-19/h7-10,13-15,19H,4-6,11-12,16H2,1-3H3,(H,25,29)(H,26,28). The number of rotatable bonds is 7. The van der Waals surface area contributed by atoms with Gasteiger partial charge in [0.05, 0.1) is 23.2 Å². The van der Waals surface area contributed by atoms with Gasteiger partial charge in [0.2, 0.25) is 15.9 Å². The maximum atomic E-state index is 12.9. The molecule has 7 nitrogen and oxygen atoms in total. The maximum Gasteiger partial charge on any atom is 0.253 e. The van der Waals surface area contributed by atoms with Crippen molar-refractivity contribution in [3.05, 3.63) is 59.2 Å². The van der Waals surface area contributed by atoms with E-state index in [1.165, 1.54) is 6.42 Å². The van der Waals surface area contributed by atoms with Gasteiger partial charge < -0.3 is 10.6 Å². The van der Waals surface area contributed by atoms with Gasteiger partial charge in [0.1, 0.15) is 6.54 Å². The molecule has 0 unspecified atom stereocenters. The fourth-order valence-electron chi connectivity index (χ4n) is 4.01. The molecule has 1 fully saturated rings. The first-order valence-electron chi connectivity index (χ1n) is 10.9. The van der Waals surface area contributed by atoms with Crippen LogP contribution < -0.4 is 14.9 Å². The first kappa shape index (κ1) is 23.8. The summed E-state index contributed by atoms with van der Waals surface area (Å²) in [5.74, 6) is -0.753. The van der Waals surface area contributed by atoms with Gasteiger partial charge in [0.25, 0.3) is 5.91 Å². The van der Waals surface area contributed by atoms with Gasteiger partial charge in [-0.05, 0) is 56.0 Å². The van der Waals surface area contributed by atoms with Crippen LogP contribution in [-0.4, -0.2) is 39.1 Å². The van der Waals surface area contributed by atoms with E-state index in [-0.39, 0.29) is 18.5 Å². The van der Waals surface area contributed by atoms with Crippen molar-refractivity contribution in [2.45, 2.75) is 52.0 Å². The van der Waals surface area contributed by atoms with E-state index >= 15 is 0 Å². The second-order valence-electron chi connectivity index (χ2n) is 8.39. The minimum atomic E-state index is -3.70. The van der Waals surface area contributed by atoms with Crippen LogP contribution >= 0.6 is 0 Å². The molecule has 32 heavy (non-hydrogen) atoms. The van der Waals surface area contributed by atoms with Crippen molar-refractivity contribution in [3.8, 4) is 0 Å². The van der Waals surface area contributed by atoms with E-state index in [1.54, 1.807) is 36.4 Å². The van der Waals surface area contributed by atoms with E-state index in [0.717, 1.165) is 47.4 Å². The number of benzene rings is 2. The van der Waals surface area contributed by atoms with E-state index < -0.39 is 15.9 Å². The van der Waals surface area contributed by atoms with E-state index in [1.807, 2.05) is 19.9 Å². The smallest absolute Gasteiger partial charge is 0.253 e. The van der Waals surface area contributed by atoms with Crippen molar-refractivity contribution < 1.29 is 18.0 Å². The highest BCUT2D eigenvalue weighted by atomic mass is 32.2. The van der Waals surface area contributed by atoms with Crippen LogP contribution in [0.4, 0.5) is 11.4 Å². The number of amides is 2. The van der Waals surface area contributed by atoms with E-state index in [4.69, 9.17) is 0 Å². The van der Waals surface area contributed by atoms with Crippen molar-refractivity contribution in [1.29, 1.82) is 0 Å². The molecule has 0 aromatic heterocycles. The van der Waals surface area contributed by atoms with E-state index in [9.17, 15) is 18.0 Å². The Kier molecular flexibility index (Phi) is 7.56. The molecule has 3 rings (SSSR count). The quantitative estimate of drug-likeness (QED) is 0.662. The van der Waals surface area contributed by atoms with Gasteiger partial charge in [-0.2, -0.15) is 0 Å². The fourth-order valence-corrected chi connectivity index (χ4v) is 4.91. The van der Waals surface area contributed by atoms with Crippen LogP contribution in [0.2, 0.25) is 0 Å². The Morgan fingerprint density at radius 3 is 2.38 bits per heavy atom. The molecule has 8 heteroatoms. The molecule has 0 aliphatic heterocycles. The van der Waals surface area contributed by atoms with Gasteiger partial charge in [-0.15, -0.1) is 0 Å². The second kappa shape index (κ2) is 10.2. The molecule has 2 aromatic rings. The SMILES string of the molecule is Cc1cccc(N(CC(=O)Nc2ccccc2C(=O)NC2CCCCC2)S(C)(=O)=O)c1C. The van der Waals surface area contributed by atoms with Gasteiger partial charge in [-0.25, -0.2) is 8.42 Å². The number of hydrogen-bond donors (Lipinski definition) is 2. The molecule has 0 radical (unpaired) electrons. The number of para-hydroxylation sites is 1. The molecule has 1 aliphatic rings. The first-order chi connectivity index (χ1) is 15.2. The van der Waals surface area contributed by atoms with Crippen molar-refractivity contribution in [2.75, 3.05) is 22.4 Å².